The summed E-state index contributed by atoms with van der Waals surface area (Å²) in [6.07, 6.45) is 3.30. The van der Waals surface area contributed by atoms with E-state index < -0.39 is 0 Å². The lowest BCUT2D eigenvalue weighted by atomic mass is 10.1. The molecule has 0 unspecified atom stereocenters. The van der Waals surface area contributed by atoms with Crippen LogP contribution in [0.25, 0.3) is 0 Å². The Hall–Kier alpha value is -1.93. The van der Waals surface area contributed by atoms with Gasteiger partial charge in [0, 0.05) is 12.4 Å². The van der Waals surface area contributed by atoms with Crippen molar-refractivity contribution in [3.05, 3.63) is 46.2 Å². The molecule has 0 radical (unpaired) electrons. The number of benzene rings is 1. The molecule has 0 saturated heterocycles. The van der Waals surface area contributed by atoms with Crippen molar-refractivity contribution in [2.24, 2.45) is 0 Å². The van der Waals surface area contributed by atoms with Gasteiger partial charge in [0.15, 0.2) is 0 Å². The van der Waals surface area contributed by atoms with Crippen LogP contribution in [0.1, 0.15) is 11.1 Å². The lowest BCUT2D eigenvalue weighted by Gasteiger charge is -2.07. The molecule has 1 heterocycles. The van der Waals surface area contributed by atoms with E-state index in [9.17, 15) is 0 Å². The van der Waals surface area contributed by atoms with Gasteiger partial charge >= 0.3 is 0 Å². The van der Waals surface area contributed by atoms with Crippen molar-refractivity contribution in [2.45, 2.75) is 6.92 Å². The van der Waals surface area contributed by atoms with Gasteiger partial charge in [-0.1, -0.05) is 12.1 Å². The summed E-state index contributed by atoms with van der Waals surface area (Å²) in [5.41, 5.74) is 2.25. The molecule has 2 aromatic rings. The van der Waals surface area contributed by atoms with Gasteiger partial charge in [0.1, 0.15) is 6.07 Å². The van der Waals surface area contributed by atoms with Gasteiger partial charge in [-0.25, -0.2) is 9.97 Å². The quantitative estimate of drug-likeness (QED) is 0.922. The van der Waals surface area contributed by atoms with E-state index in [0.717, 1.165) is 15.7 Å². The summed E-state index contributed by atoms with van der Waals surface area (Å²) in [6, 6.07) is 7.78. The zero-order valence-corrected chi connectivity index (χ0v) is 10.7. The minimum Gasteiger partial charge on any atom is -0.323 e. The number of hydrogen-bond donors (Lipinski definition) is 1. The number of hydrogen-bond acceptors (Lipinski definition) is 4. The fraction of sp³-hybridized carbons (Fsp3) is 0.0833. The highest BCUT2D eigenvalue weighted by atomic mass is 79.9. The molecule has 1 aromatic carbocycles. The van der Waals surface area contributed by atoms with Crippen molar-refractivity contribution in [1.29, 1.82) is 5.26 Å². The van der Waals surface area contributed by atoms with E-state index in [0.29, 0.717) is 11.5 Å². The molecule has 4 nitrogen and oxygen atoms in total. The minimum atomic E-state index is 0.468. The van der Waals surface area contributed by atoms with E-state index in [-0.39, 0.29) is 0 Å². The Labute approximate surface area is 107 Å². The summed E-state index contributed by atoms with van der Waals surface area (Å²) in [5.74, 6) is 0.468. The number of nitrogens with zero attached hydrogens (tertiary/aromatic N) is 3. The van der Waals surface area contributed by atoms with E-state index in [1.165, 1.54) is 0 Å². The van der Waals surface area contributed by atoms with Crippen LogP contribution < -0.4 is 5.32 Å². The maximum atomic E-state index is 9.08. The molecule has 17 heavy (non-hydrogen) atoms. The molecule has 0 atom stereocenters. The third-order valence-electron chi connectivity index (χ3n) is 2.25. The zero-order valence-electron chi connectivity index (χ0n) is 9.11. The number of nitrogens with one attached hydrogen (secondary N) is 1. The normalized spacial score (nSPS) is 9.71. The highest BCUT2D eigenvalue weighted by Gasteiger charge is 2.05. The molecule has 0 aliphatic rings. The molecule has 5 heteroatoms. The topological polar surface area (TPSA) is 61.6 Å². The molecule has 0 saturated carbocycles. The number of halogens is 1. The summed E-state index contributed by atoms with van der Waals surface area (Å²) >= 11 is 3.27. The number of rotatable bonds is 2. The third kappa shape index (κ3) is 2.60. The van der Waals surface area contributed by atoms with Crippen molar-refractivity contribution in [3.63, 3.8) is 0 Å². The van der Waals surface area contributed by atoms with E-state index in [4.69, 9.17) is 5.26 Å². The highest BCUT2D eigenvalue weighted by molar-refractivity contribution is 9.10. The fourth-order valence-corrected chi connectivity index (χ4v) is 1.62. The average molecular weight is 289 g/mol. The Morgan fingerprint density at radius 3 is 2.65 bits per heavy atom. The lowest BCUT2D eigenvalue weighted by molar-refractivity contribution is 1.15. The Morgan fingerprint density at radius 1 is 1.29 bits per heavy atom. The van der Waals surface area contributed by atoms with Crippen LogP contribution in [0.2, 0.25) is 0 Å². The first-order valence-electron chi connectivity index (χ1n) is 4.95. The largest absolute Gasteiger partial charge is 0.323 e. The molecule has 0 bridgehead atoms. The molecule has 0 aliphatic carbocycles. The minimum absolute atomic E-state index is 0.468. The third-order valence-corrected chi connectivity index (χ3v) is 2.66. The standard InChI is InChI=1S/C12H9BrN4/c1-8-3-2-4-11(10(8)5-14)17-12-15-6-9(13)7-16-12/h2-4,6-7H,1H3,(H,15,16,17). The molecular weight excluding hydrogens is 280 g/mol. The summed E-state index contributed by atoms with van der Waals surface area (Å²) < 4.78 is 0.813. The van der Waals surface area contributed by atoms with Crippen molar-refractivity contribution in [2.75, 3.05) is 5.32 Å². The second kappa shape index (κ2) is 4.93. The van der Waals surface area contributed by atoms with Crippen LogP contribution in [0.3, 0.4) is 0 Å². The van der Waals surface area contributed by atoms with Gasteiger partial charge in [-0.15, -0.1) is 0 Å². The Balaban J connectivity index is 2.34. The van der Waals surface area contributed by atoms with Crippen LogP contribution in [-0.2, 0) is 0 Å². The van der Waals surface area contributed by atoms with Crippen molar-refractivity contribution in [3.8, 4) is 6.07 Å². The molecular formula is C12H9BrN4. The van der Waals surface area contributed by atoms with Crippen molar-refractivity contribution in [1.82, 2.24) is 9.97 Å². The van der Waals surface area contributed by atoms with Crippen LogP contribution in [0, 0.1) is 18.3 Å². The summed E-state index contributed by atoms with van der Waals surface area (Å²) in [7, 11) is 0. The molecule has 84 valence electrons. The Morgan fingerprint density at radius 2 is 2.00 bits per heavy atom. The number of anilines is 2. The van der Waals surface area contributed by atoms with Gasteiger partial charge in [0.25, 0.3) is 0 Å². The van der Waals surface area contributed by atoms with E-state index >= 15 is 0 Å². The summed E-state index contributed by atoms with van der Waals surface area (Å²) in [6.45, 7) is 1.90. The fourth-order valence-electron chi connectivity index (χ4n) is 1.42. The molecule has 2 rings (SSSR count). The molecule has 0 amide bonds. The van der Waals surface area contributed by atoms with Crippen LogP contribution in [0.15, 0.2) is 35.1 Å². The number of nitriles is 1. The van der Waals surface area contributed by atoms with Crippen LogP contribution in [0.5, 0.6) is 0 Å². The predicted octanol–water partition coefficient (Wildman–Crippen LogP) is 3.16. The van der Waals surface area contributed by atoms with Gasteiger partial charge in [-0.3, -0.25) is 0 Å². The van der Waals surface area contributed by atoms with Crippen LogP contribution in [0.4, 0.5) is 11.6 Å². The zero-order chi connectivity index (χ0) is 12.3. The second-order valence-corrected chi connectivity index (χ2v) is 4.37. The first-order chi connectivity index (χ1) is 8.20. The smallest absolute Gasteiger partial charge is 0.227 e. The Bertz CT molecular complexity index is 572. The molecule has 1 aromatic heterocycles. The maximum absolute atomic E-state index is 9.08. The van der Waals surface area contributed by atoms with E-state index in [2.05, 4.69) is 37.3 Å². The molecule has 0 fully saturated rings. The number of aromatic nitrogens is 2. The van der Waals surface area contributed by atoms with Crippen molar-refractivity contribution >= 4 is 27.6 Å². The maximum Gasteiger partial charge on any atom is 0.227 e. The highest BCUT2D eigenvalue weighted by Crippen LogP contribution is 2.21. The van der Waals surface area contributed by atoms with Gasteiger partial charge in [-0.05, 0) is 34.5 Å². The SMILES string of the molecule is Cc1cccc(Nc2ncc(Br)cn2)c1C#N. The molecule has 0 aliphatic heterocycles. The van der Waals surface area contributed by atoms with Gasteiger partial charge < -0.3 is 5.32 Å². The predicted molar refractivity (Wildman–Crippen MR) is 68.9 cm³/mol. The van der Waals surface area contributed by atoms with Gasteiger partial charge in [0.2, 0.25) is 5.95 Å². The first kappa shape index (κ1) is 11.6. The summed E-state index contributed by atoms with van der Waals surface area (Å²) in [4.78, 5) is 8.20. The Kier molecular flexibility index (Phi) is 3.35. The van der Waals surface area contributed by atoms with E-state index in [1.54, 1.807) is 12.4 Å². The average Bonchev–Trinajstić information content (AvgIpc) is 2.32. The summed E-state index contributed by atoms with van der Waals surface area (Å²) in [5, 5.41) is 12.1. The van der Waals surface area contributed by atoms with Gasteiger partial charge in [-0.2, -0.15) is 5.26 Å². The van der Waals surface area contributed by atoms with E-state index in [1.807, 2.05) is 25.1 Å². The van der Waals surface area contributed by atoms with Crippen LogP contribution >= 0.6 is 15.9 Å². The lowest BCUT2D eigenvalue weighted by Crippen LogP contribution is -1.99. The monoisotopic (exact) mass is 288 g/mol. The first-order valence-corrected chi connectivity index (χ1v) is 5.74. The molecule has 1 N–H and O–H groups in total. The number of aryl methyl sites for hydroxylation is 1. The molecule has 0 spiro atoms. The van der Waals surface area contributed by atoms with Gasteiger partial charge in [0.05, 0.1) is 15.7 Å². The van der Waals surface area contributed by atoms with Crippen molar-refractivity contribution < 1.29 is 0 Å². The second-order valence-electron chi connectivity index (χ2n) is 3.46. The van der Waals surface area contributed by atoms with Crippen LogP contribution in [-0.4, -0.2) is 9.97 Å².